The van der Waals surface area contributed by atoms with Crippen LogP contribution < -0.4 is 5.32 Å². The molecule has 0 saturated carbocycles. The van der Waals surface area contributed by atoms with Gasteiger partial charge in [-0.2, -0.15) is 0 Å². The zero-order chi connectivity index (χ0) is 12.4. The minimum absolute atomic E-state index is 0.0584. The lowest BCUT2D eigenvalue weighted by molar-refractivity contribution is 0.0691. The van der Waals surface area contributed by atoms with E-state index in [0.717, 1.165) is 11.3 Å². The summed E-state index contributed by atoms with van der Waals surface area (Å²) >= 11 is 0.950. The lowest BCUT2D eigenvalue weighted by Gasteiger charge is -1.95. The molecule has 0 aromatic carbocycles. The Morgan fingerprint density at radius 3 is 2.82 bits per heavy atom. The molecule has 2 heterocycles. The van der Waals surface area contributed by atoms with Crippen LogP contribution in [0.25, 0.3) is 0 Å². The molecule has 0 saturated heterocycles. The number of carbonyl (C=O) groups excluding carboxylic acids is 1. The smallest absolute Gasteiger partial charge is 0.355 e. The highest BCUT2D eigenvalue weighted by molar-refractivity contribution is 7.12. The predicted octanol–water partition coefficient (Wildman–Crippen LogP) is 1.39. The summed E-state index contributed by atoms with van der Waals surface area (Å²) in [5.41, 5.74) is -0.156. The van der Waals surface area contributed by atoms with E-state index in [1.54, 1.807) is 13.0 Å². The van der Waals surface area contributed by atoms with Gasteiger partial charge in [0.15, 0.2) is 16.5 Å². The number of aromatic carboxylic acids is 1. The molecule has 17 heavy (non-hydrogen) atoms. The minimum atomic E-state index is -1.17. The van der Waals surface area contributed by atoms with Crippen LogP contribution >= 0.6 is 11.3 Å². The van der Waals surface area contributed by atoms with Crippen LogP contribution in [0.5, 0.6) is 0 Å². The van der Waals surface area contributed by atoms with Gasteiger partial charge in [0.1, 0.15) is 5.76 Å². The Kier molecular flexibility index (Phi) is 2.88. The summed E-state index contributed by atoms with van der Waals surface area (Å²) in [4.78, 5) is 25.9. The fraction of sp³-hybridized carbons (Fsp3) is 0.111. The second kappa shape index (κ2) is 4.34. The molecule has 2 aromatic rings. The molecule has 2 N–H and O–H groups in total. The van der Waals surface area contributed by atoms with Crippen LogP contribution in [-0.4, -0.2) is 27.1 Å². The number of thiazole rings is 1. The average Bonchev–Trinajstić information content (AvgIpc) is 2.86. The minimum Gasteiger partial charge on any atom is -0.476 e. The number of carboxylic acid groups (broad SMARTS) is 1. The van der Waals surface area contributed by atoms with Crippen LogP contribution in [-0.2, 0) is 0 Å². The van der Waals surface area contributed by atoms with Gasteiger partial charge in [-0.05, 0) is 6.92 Å². The average molecular weight is 253 g/mol. The van der Waals surface area contributed by atoms with Crippen molar-refractivity contribution in [2.75, 3.05) is 5.32 Å². The van der Waals surface area contributed by atoms with Crippen LogP contribution in [0, 0.1) is 6.92 Å². The van der Waals surface area contributed by atoms with Gasteiger partial charge in [-0.15, -0.1) is 11.3 Å². The zero-order valence-corrected chi connectivity index (χ0v) is 9.45. The summed E-state index contributed by atoms with van der Waals surface area (Å²) in [6, 6.07) is 1.55. The van der Waals surface area contributed by atoms with Gasteiger partial charge in [0.25, 0.3) is 5.91 Å². The third-order valence-corrected chi connectivity index (χ3v) is 2.63. The Bertz CT molecular complexity index is 574. The maximum atomic E-state index is 11.6. The van der Waals surface area contributed by atoms with Crippen LogP contribution in [0.2, 0.25) is 0 Å². The van der Waals surface area contributed by atoms with E-state index < -0.39 is 11.9 Å². The van der Waals surface area contributed by atoms with Gasteiger partial charge in [0.2, 0.25) is 0 Å². The van der Waals surface area contributed by atoms with Gasteiger partial charge < -0.3 is 14.9 Å². The Labute approximate surface area is 99.1 Å². The third kappa shape index (κ3) is 2.48. The molecule has 0 aliphatic carbocycles. The van der Waals surface area contributed by atoms with Gasteiger partial charge in [0, 0.05) is 11.4 Å². The number of hydrogen-bond acceptors (Lipinski definition) is 6. The largest absolute Gasteiger partial charge is 0.476 e. The molecule has 2 aromatic heterocycles. The maximum absolute atomic E-state index is 11.6. The van der Waals surface area contributed by atoms with Gasteiger partial charge in [0.05, 0.1) is 0 Å². The van der Waals surface area contributed by atoms with Gasteiger partial charge in [-0.3, -0.25) is 4.79 Å². The maximum Gasteiger partial charge on any atom is 0.355 e. The molecule has 1 amide bonds. The van der Waals surface area contributed by atoms with E-state index in [-0.39, 0.29) is 16.5 Å². The van der Waals surface area contributed by atoms with E-state index >= 15 is 0 Å². The first-order chi connectivity index (χ1) is 8.06. The van der Waals surface area contributed by atoms with Crippen molar-refractivity contribution >= 4 is 29.0 Å². The highest BCUT2D eigenvalue weighted by Gasteiger charge is 2.15. The highest BCUT2D eigenvalue weighted by Crippen LogP contribution is 2.13. The molecule has 2 rings (SSSR count). The normalized spacial score (nSPS) is 10.2. The predicted molar refractivity (Wildman–Crippen MR) is 58.3 cm³/mol. The number of hydrogen-bond donors (Lipinski definition) is 2. The number of rotatable bonds is 3. The molecular formula is C9H7N3O4S. The van der Waals surface area contributed by atoms with E-state index in [2.05, 4.69) is 15.5 Å². The topological polar surface area (TPSA) is 105 Å². The van der Waals surface area contributed by atoms with Crippen molar-refractivity contribution < 1.29 is 19.2 Å². The molecule has 0 bridgehead atoms. The Morgan fingerprint density at radius 1 is 1.53 bits per heavy atom. The molecule has 0 aliphatic heterocycles. The van der Waals surface area contributed by atoms with Crippen molar-refractivity contribution in [2.45, 2.75) is 6.92 Å². The molecule has 8 heteroatoms. The number of carbonyl (C=O) groups is 2. The molecule has 0 atom stereocenters. The van der Waals surface area contributed by atoms with Crippen molar-refractivity contribution in [3.05, 3.63) is 27.9 Å². The van der Waals surface area contributed by atoms with Crippen LogP contribution in [0.1, 0.15) is 26.1 Å². The molecule has 7 nitrogen and oxygen atoms in total. The van der Waals surface area contributed by atoms with E-state index in [1.807, 2.05) is 0 Å². The molecule has 0 unspecified atom stereocenters. The van der Waals surface area contributed by atoms with Crippen LogP contribution in [0.4, 0.5) is 5.82 Å². The number of aryl methyl sites for hydroxylation is 1. The van der Waals surface area contributed by atoms with Crippen molar-refractivity contribution in [1.29, 1.82) is 0 Å². The van der Waals surface area contributed by atoms with Gasteiger partial charge in [-0.25, -0.2) is 9.78 Å². The fourth-order valence-electron chi connectivity index (χ4n) is 1.07. The van der Waals surface area contributed by atoms with E-state index in [9.17, 15) is 9.59 Å². The fourth-order valence-corrected chi connectivity index (χ4v) is 1.76. The second-order valence-electron chi connectivity index (χ2n) is 3.12. The van der Waals surface area contributed by atoms with Crippen molar-refractivity contribution in [3.63, 3.8) is 0 Å². The molecule has 0 radical (unpaired) electrons. The Morgan fingerprint density at radius 2 is 2.29 bits per heavy atom. The second-order valence-corrected chi connectivity index (χ2v) is 3.98. The van der Waals surface area contributed by atoms with Crippen LogP contribution in [0.3, 0.4) is 0 Å². The summed E-state index contributed by atoms with van der Waals surface area (Å²) in [6.45, 7) is 1.69. The summed E-state index contributed by atoms with van der Waals surface area (Å²) in [5.74, 6) is -0.862. The number of carboxylic acids is 1. The lowest BCUT2D eigenvalue weighted by atomic mass is 10.4. The number of aromatic nitrogens is 2. The first kappa shape index (κ1) is 11.3. The van der Waals surface area contributed by atoms with E-state index in [0.29, 0.717) is 5.76 Å². The molecule has 88 valence electrons. The van der Waals surface area contributed by atoms with E-state index in [1.165, 1.54) is 5.38 Å². The third-order valence-electron chi connectivity index (χ3n) is 1.79. The van der Waals surface area contributed by atoms with Crippen molar-refractivity contribution in [2.24, 2.45) is 0 Å². The lowest BCUT2D eigenvalue weighted by Crippen LogP contribution is -2.12. The summed E-state index contributed by atoms with van der Waals surface area (Å²) in [6.07, 6.45) is 0. The number of amides is 1. The first-order valence-electron chi connectivity index (χ1n) is 4.50. The number of nitrogens with zero attached hydrogens (tertiary/aromatic N) is 2. The zero-order valence-electron chi connectivity index (χ0n) is 8.63. The Hall–Kier alpha value is -2.22. The quantitative estimate of drug-likeness (QED) is 0.856. The molecule has 0 spiro atoms. The molecule has 0 fully saturated rings. The van der Waals surface area contributed by atoms with Gasteiger partial charge in [-0.1, -0.05) is 5.16 Å². The molecule has 0 aliphatic rings. The summed E-state index contributed by atoms with van der Waals surface area (Å²) in [7, 11) is 0. The van der Waals surface area contributed by atoms with Crippen molar-refractivity contribution in [1.82, 2.24) is 10.1 Å². The number of anilines is 1. The van der Waals surface area contributed by atoms with E-state index in [4.69, 9.17) is 9.63 Å². The van der Waals surface area contributed by atoms with Crippen molar-refractivity contribution in [3.8, 4) is 0 Å². The van der Waals surface area contributed by atoms with Gasteiger partial charge >= 0.3 is 5.97 Å². The monoisotopic (exact) mass is 253 g/mol. The van der Waals surface area contributed by atoms with Crippen LogP contribution in [0.15, 0.2) is 16.0 Å². The number of nitrogens with one attached hydrogen (secondary N) is 1. The SMILES string of the molecule is Cc1cc(NC(=O)c2nc(C(=O)O)cs2)no1. The summed E-state index contributed by atoms with van der Waals surface area (Å²) < 4.78 is 4.77. The first-order valence-corrected chi connectivity index (χ1v) is 5.37. The standard InChI is InChI=1S/C9H7N3O4S/c1-4-2-6(12-16-4)11-7(13)8-10-5(3-17-8)9(14)15/h2-3H,1H3,(H,14,15)(H,11,12,13). The molecular weight excluding hydrogens is 246 g/mol. The summed E-state index contributed by atoms with van der Waals surface area (Å²) in [5, 5.41) is 16.0. The highest BCUT2D eigenvalue weighted by atomic mass is 32.1. The Balaban J connectivity index is 2.11.